The van der Waals surface area contributed by atoms with E-state index in [1.54, 1.807) is 7.11 Å². The average molecular weight is 355 g/mol. The lowest BCUT2D eigenvalue weighted by Crippen LogP contribution is -2.46. The highest BCUT2D eigenvalue weighted by Gasteiger charge is 2.21. The summed E-state index contributed by atoms with van der Waals surface area (Å²) in [5, 5.41) is 3.31. The predicted molar refractivity (Wildman–Crippen MR) is 87.4 cm³/mol. The van der Waals surface area contributed by atoms with Crippen LogP contribution in [0.2, 0.25) is 0 Å². The van der Waals surface area contributed by atoms with Gasteiger partial charge in [0.05, 0.1) is 13.2 Å². The second kappa shape index (κ2) is 7.80. The zero-order valence-corrected chi connectivity index (χ0v) is 14.3. The highest BCUT2D eigenvalue weighted by atomic mass is 79.9. The van der Waals surface area contributed by atoms with E-state index in [9.17, 15) is 4.79 Å². The number of carbonyl (C=O) groups excluding carboxylic acids is 1. The van der Waals surface area contributed by atoms with Crippen molar-refractivity contribution in [1.29, 1.82) is 0 Å². The van der Waals surface area contributed by atoms with Crippen molar-refractivity contribution in [3.05, 3.63) is 28.2 Å². The number of rotatable bonds is 5. The first-order valence-electron chi connectivity index (χ1n) is 7.46. The van der Waals surface area contributed by atoms with Crippen molar-refractivity contribution in [1.82, 2.24) is 10.2 Å². The summed E-state index contributed by atoms with van der Waals surface area (Å²) < 4.78 is 6.36. The lowest BCUT2D eigenvalue weighted by atomic mass is 10.1. The number of methoxy groups -OCH3 is 1. The number of carbonyl (C=O) groups is 1. The molecule has 1 aliphatic heterocycles. The van der Waals surface area contributed by atoms with Gasteiger partial charge >= 0.3 is 0 Å². The zero-order chi connectivity index (χ0) is 15.2. The van der Waals surface area contributed by atoms with Gasteiger partial charge in [0.2, 0.25) is 5.91 Å². The van der Waals surface area contributed by atoms with E-state index in [0.29, 0.717) is 6.54 Å². The van der Waals surface area contributed by atoms with Crippen LogP contribution >= 0.6 is 15.9 Å². The Morgan fingerprint density at radius 1 is 1.38 bits per heavy atom. The molecule has 1 heterocycles. The molecule has 0 spiro atoms. The molecular weight excluding hydrogens is 332 g/mol. The second-order valence-corrected chi connectivity index (χ2v) is 6.36. The minimum Gasteiger partial charge on any atom is -0.496 e. The summed E-state index contributed by atoms with van der Waals surface area (Å²) in [4.78, 5) is 14.3. The summed E-state index contributed by atoms with van der Waals surface area (Å²) in [5.74, 6) is 1.03. The van der Waals surface area contributed by atoms with Crippen molar-refractivity contribution in [3.8, 4) is 5.75 Å². The van der Waals surface area contributed by atoms with Gasteiger partial charge in [-0.1, -0.05) is 15.9 Å². The summed E-state index contributed by atoms with van der Waals surface area (Å²) >= 11 is 3.47. The molecule has 4 nitrogen and oxygen atoms in total. The lowest BCUT2D eigenvalue weighted by molar-refractivity contribution is -0.133. The standard InChI is InChI=1S/C16H23BrN2O2/c1-12(16(20)19-8-4-3-5-9-19)18-11-13-10-14(17)6-7-15(13)21-2/h6-7,10,12,18H,3-5,8-9,11H2,1-2H3. The maximum atomic E-state index is 12.4. The van der Waals surface area contributed by atoms with Gasteiger partial charge in [0.1, 0.15) is 5.75 Å². The molecule has 0 radical (unpaired) electrons. The summed E-state index contributed by atoms with van der Waals surface area (Å²) in [6, 6.07) is 5.72. The first kappa shape index (κ1) is 16.3. The Morgan fingerprint density at radius 3 is 2.76 bits per heavy atom. The minimum atomic E-state index is -0.174. The zero-order valence-electron chi connectivity index (χ0n) is 12.7. The molecule has 1 N–H and O–H groups in total. The molecule has 1 aliphatic rings. The number of piperidine rings is 1. The van der Waals surface area contributed by atoms with E-state index >= 15 is 0 Å². The van der Waals surface area contributed by atoms with Gasteiger partial charge in [-0.3, -0.25) is 4.79 Å². The molecular formula is C16H23BrN2O2. The van der Waals surface area contributed by atoms with Crippen molar-refractivity contribution in [3.63, 3.8) is 0 Å². The third-order valence-electron chi connectivity index (χ3n) is 3.88. The molecule has 1 unspecified atom stereocenters. The van der Waals surface area contributed by atoms with Crippen molar-refractivity contribution in [2.75, 3.05) is 20.2 Å². The van der Waals surface area contributed by atoms with Gasteiger partial charge in [0.15, 0.2) is 0 Å². The molecule has 1 aromatic rings. The normalized spacial score (nSPS) is 16.6. The molecule has 1 fully saturated rings. The van der Waals surface area contributed by atoms with Crippen LogP contribution < -0.4 is 10.1 Å². The maximum absolute atomic E-state index is 12.4. The number of ether oxygens (including phenoxy) is 1. The van der Waals surface area contributed by atoms with Gasteiger partial charge in [0.25, 0.3) is 0 Å². The van der Waals surface area contributed by atoms with Crippen LogP contribution in [-0.2, 0) is 11.3 Å². The van der Waals surface area contributed by atoms with Crippen molar-refractivity contribution in [2.45, 2.75) is 38.8 Å². The lowest BCUT2D eigenvalue weighted by Gasteiger charge is -2.29. The van der Waals surface area contributed by atoms with Crippen LogP contribution in [0.25, 0.3) is 0 Å². The third-order valence-corrected chi connectivity index (χ3v) is 4.37. The summed E-state index contributed by atoms with van der Waals surface area (Å²) in [6.07, 6.45) is 3.48. The molecule has 1 amide bonds. The van der Waals surface area contributed by atoms with E-state index < -0.39 is 0 Å². The molecule has 0 aromatic heterocycles. The Bertz CT molecular complexity index is 487. The number of hydrogen-bond donors (Lipinski definition) is 1. The molecule has 1 atom stereocenters. The summed E-state index contributed by atoms with van der Waals surface area (Å²) in [6.45, 7) is 4.33. The van der Waals surface area contributed by atoms with Crippen LogP contribution in [0.1, 0.15) is 31.7 Å². The topological polar surface area (TPSA) is 41.6 Å². The van der Waals surface area contributed by atoms with E-state index in [0.717, 1.165) is 41.7 Å². The summed E-state index contributed by atoms with van der Waals surface area (Å²) in [7, 11) is 1.66. The first-order chi connectivity index (χ1) is 10.1. The van der Waals surface area contributed by atoms with E-state index in [2.05, 4.69) is 21.2 Å². The van der Waals surface area contributed by atoms with Crippen LogP contribution in [0.3, 0.4) is 0 Å². The average Bonchev–Trinajstić information content (AvgIpc) is 2.52. The van der Waals surface area contributed by atoms with Crippen molar-refractivity contribution in [2.24, 2.45) is 0 Å². The number of nitrogens with zero attached hydrogens (tertiary/aromatic N) is 1. The molecule has 5 heteroatoms. The Hall–Kier alpha value is -1.07. The monoisotopic (exact) mass is 354 g/mol. The fraction of sp³-hybridized carbons (Fsp3) is 0.562. The number of hydrogen-bond acceptors (Lipinski definition) is 3. The Morgan fingerprint density at radius 2 is 2.10 bits per heavy atom. The van der Waals surface area contributed by atoms with Crippen LogP contribution in [0.5, 0.6) is 5.75 Å². The van der Waals surface area contributed by atoms with Crippen LogP contribution in [0, 0.1) is 0 Å². The fourth-order valence-electron chi connectivity index (χ4n) is 2.62. The second-order valence-electron chi connectivity index (χ2n) is 5.44. The Labute approximate surface area is 135 Å². The third kappa shape index (κ3) is 4.45. The van der Waals surface area contributed by atoms with Gasteiger partial charge in [-0.15, -0.1) is 0 Å². The van der Waals surface area contributed by atoms with Crippen LogP contribution in [0.15, 0.2) is 22.7 Å². The van der Waals surface area contributed by atoms with E-state index in [-0.39, 0.29) is 11.9 Å². The Balaban J connectivity index is 1.92. The molecule has 0 bridgehead atoms. The van der Waals surface area contributed by atoms with Crippen molar-refractivity contribution < 1.29 is 9.53 Å². The largest absolute Gasteiger partial charge is 0.496 e. The number of benzene rings is 1. The molecule has 0 saturated carbocycles. The molecule has 21 heavy (non-hydrogen) atoms. The van der Waals surface area contributed by atoms with E-state index in [1.165, 1.54) is 6.42 Å². The highest BCUT2D eigenvalue weighted by Crippen LogP contribution is 2.23. The minimum absolute atomic E-state index is 0.174. The fourth-order valence-corrected chi connectivity index (χ4v) is 3.03. The van der Waals surface area contributed by atoms with Crippen molar-refractivity contribution >= 4 is 21.8 Å². The van der Waals surface area contributed by atoms with Gasteiger partial charge in [-0.05, 0) is 44.4 Å². The number of halogens is 1. The number of nitrogens with one attached hydrogen (secondary N) is 1. The molecule has 0 aliphatic carbocycles. The number of likely N-dealkylation sites (tertiary alicyclic amines) is 1. The summed E-state index contributed by atoms with van der Waals surface area (Å²) in [5.41, 5.74) is 1.05. The van der Waals surface area contributed by atoms with Crippen LogP contribution in [-0.4, -0.2) is 37.0 Å². The van der Waals surface area contributed by atoms with E-state index in [1.807, 2.05) is 30.0 Å². The molecule has 1 saturated heterocycles. The molecule has 116 valence electrons. The SMILES string of the molecule is COc1ccc(Br)cc1CNC(C)C(=O)N1CCCCC1. The first-order valence-corrected chi connectivity index (χ1v) is 8.25. The smallest absolute Gasteiger partial charge is 0.239 e. The number of amides is 1. The van der Waals surface area contributed by atoms with Gasteiger partial charge in [-0.25, -0.2) is 0 Å². The van der Waals surface area contributed by atoms with Gasteiger partial charge in [0, 0.05) is 29.7 Å². The predicted octanol–water partition coefficient (Wildman–Crippen LogP) is 2.95. The Kier molecular flexibility index (Phi) is 6.06. The highest BCUT2D eigenvalue weighted by molar-refractivity contribution is 9.10. The molecule has 2 rings (SSSR count). The maximum Gasteiger partial charge on any atom is 0.239 e. The van der Waals surface area contributed by atoms with Gasteiger partial charge < -0.3 is 15.0 Å². The quantitative estimate of drug-likeness (QED) is 0.883. The van der Waals surface area contributed by atoms with Gasteiger partial charge in [-0.2, -0.15) is 0 Å². The van der Waals surface area contributed by atoms with E-state index in [4.69, 9.17) is 4.74 Å². The van der Waals surface area contributed by atoms with Crippen LogP contribution in [0.4, 0.5) is 0 Å². The molecule has 1 aromatic carbocycles.